The summed E-state index contributed by atoms with van der Waals surface area (Å²) in [5, 5.41) is 0. The Labute approximate surface area is 142 Å². The molecule has 5 nitrogen and oxygen atoms in total. The molecule has 2 aromatic rings. The van der Waals surface area contributed by atoms with Crippen LogP contribution in [0.15, 0.2) is 30.3 Å². The van der Waals surface area contributed by atoms with Gasteiger partial charge in [-0.1, -0.05) is 12.1 Å². The lowest BCUT2D eigenvalue weighted by atomic mass is 10.1. The summed E-state index contributed by atoms with van der Waals surface area (Å²) in [7, 11) is 1.87. The van der Waals surface area contributed by atoms with Crippen LogP contribution < -0.4 is 0 Å². The molecule has 0 N–H and O–H groups in total. The van der Waals surface area contributed by atoms with Crippen LogP contribution >= 0.6 is 0 Å². The van der Waals surface area contributed by atoms with Crippen LogP contribution in [0.3, 0.4) is 0 Å². The first kappa shape index (κ1) is 15.4. The van der Waals surface area contributed by atoms with Crippen LogP contribution in [0.2, 0.25) is 0 Å². The third-order valence-electron chi connectivity index (χ3n) is 5.05. The van der Waals surface area contributed by atoms with Crippen LogP contribution in [0.1, 0.15) is 27.3 Å². The lowest BCUT2D eigenvalue weighted by Crippen LogP contribution is -2.35. The largest absolute Gasteiger partial charge is 0.379 e. The summed E-state index contributed by atoms with van der Waals surface area (Å²) >= 11 is 0. The van der Waals surface area contributed by atoms with E-state index in [1.54, 1.807) is 4.90 Å². The molecular weight excluding hydrogens is 302 g/mol. The molecule has 24 heavy (non-hydrogen) atoms. The number of para-hydroxylation sites is 1. The minimum absolute atomic E-state index is 0.0865. The quantitative estimate of drug-likeness (QED) is 0.849. The second-order valence-electron chi connectivity index (χ2n) is 6.65. The molecule has 3 heterocycles. The van der Waals surface area contributed by atoms with Crippen molar-refractivity contribution in [3.8, 4) is 5.69 Å². The van der Waals surface area contributed by atoms with E-state index < -0.39 is 0 Å². The molecule has 0 saturated carbocycles. The molecule has 0 aliphatic carbocycles. The van der Waals surface area contributed by atoms with Gasteiger partial charge in [0.25, 0.3) is 5.91 Å². The summed E-state index contributed by atoms with van der Waals surface area (Å²) in [6.07, 6.45) is 0. The number of carbonyl (C=O) groups is 1. The number of benzene rings is 1. The summed E-state index contributed by atoms with van der Waals surface area (Å²) in [5.41, 5.74) is 5.51. The third kappa shape index (κ3) is 2.54. The van der Waals surface area contributed by atoms with E-state index in [0.29, 0.717) is 6.54 Å². The molecule has 0 bridgehead atoms. The second kappa shape index (κ2) is 6.07. The highest BCUT2D eigenvalue weighted by Gasteiger charge is 2.26. The van der Waals surface area contributed by atoms with Crippen molar-refractivity contribution in [3.63, 3.8) is 0 Å². The number of hydrogen-bond acceptors (Lipinski definition) is 3. The Kier molecular flexibility index (Phi) is 3.90. The zero-order valence-electron chi connectivity index (χ0n) is 14.3. The SMILES string of the molecule is Cc1c(CN2CCOCC2)cc2n1-c1ccccc1C(=O)N(C)C2. The standard InChI is InChI=1S/C19H23N3O2/c1-14-15(12-21-7-9-24-10-8-21)11-16-13-20(2)19(23)17-5-3-4-6-18(17)22(14)16/h3-6,11H,7-10,12-13H2,1-2H3. The average Bonchev–Trinajstić information content (AvgIpc) is 2.84. The summed E-state index contributed by atoms with van der Waals surface area (Å²) in [6.45, 7) is 7.32. The Morgan fingerprint density at radius 2 is 1.92 bits per heavy atom. The predicted octanol–water partition coefficient (Wildman–Crippen LogP) is 2.20. The number of fused-ring (bicyclic) bond motifs is 3. The maximum Gasteiger partial charge on any atom is 0.256 e. The molecule has 5 heteroatoms. The van der Waals surface area contributed by atoms with E-state index in [-0.39, 0.29) is 5.91 Å². The van der Waals surface area contributed by atoms with Crippen molar-refractivity contribution in [1.82, 2.24) is 14.4 Å². The van der Waals surface area contributed by atoms with Gasteiger partial charge < -0.3 is 14.2 Å². The highest BCUT2D eigenvalue weighted by molar-refractivity contribution is 5.98. The summed E-state index contributed by atoms with van der Waals surface area (Å²) in [4.78, 5) is 16.8. The lowest BCUT2D eigenvalue weighted by molar-refractivity contribution is 0.0341. The topological polar surface area (TPSA) is 37.7 Å². The molecule has 1 fully saturated rings. The van der Waals surface area contributed by atoms with Crippen molar-refractivity contribution < 1.29 is 9.53 Å². The fourth-order valence-corrected chi connectivity index (χ4v) is 3.71. The number of morpholine rings is 1. The maximum atomic E-state index is 12.6. The minimum atomic E-state index is 0.0865. The van der Waals surface area contributed by atoms with Gasteiger partial charge in [-0.15, -0.1) is 0 Å². The average molecular weight is 325 g/mol. The number of carbonyl (C=O) groups excluding carboxylic acids is 1. The molecule has 1 aromatic heterocycles. The molecule has 0 unspecified atom stereocenters. The van der Waals surface area contributed by atoms with E-state index in [0.717, 1.165) is 44.1 Å². The van der Waals surface area contributed by atoms with Crippen LogP contribution in [-0.4, -0.2) is 53.6 Å². The fraction of sp³-hybridized carbons (Fsp3) is 0.421. The highest BCUT2D eigenvalue weighted by Crippen LogP contribution is 2.29. The van der Waals surface area contributed by atoms with Gasteiger partial charge in [0.1, 0.15) is 0 Å². The summed E-state index contributed by atoms with van der Waals surface area (Å²) in [6, 6.07) is 10.2. The fourth-order valence-electron chi connectivity index (χ4n) is 3.71. The van der Waals surface area contributed by atoms with Crippen molar-refractivity contribution in [2.75, 3.05) is 33.4 Å². The maximum absolute atomic E-state index is 12.6. The number of rotatable bonds is 2. The molecule has 1 aromatic carbocycles. The first-order valence-electron chi connectivity index (χ1n) is 8.50. The van der Waals surface area contributed by atoms with Gasteiger partial charge in [-0.2, -0.15) is 0 Å². The van der Waals surface area contributed by atoms with Crippen molar-refractivity contribution >= 4 is 5.91 Å². The van der Waals surface area contributed by atoms with Gasteiger partial charge in [0, 0.05) is 38.1 Å². The van der Waals surface area contributed by atoms with Gasteiger partial charge >= 0.3 is 0 Å². The molecule has 1 saturated heterocycles. The number of aromatic nitrogens is 1. The van der Waals surface area contributed by atoms with E-state index in [4.69, 9.17) is 4.74 Å². The highest BCUT2D eigenvalue weighted by atomic mass is 16.5. The van der Waals surface area contributed by atoms with Crippen LogP contribution in [0.4, 0.5) is 0 Å². The van der Waals surface area contributed by atoms with Crippen molar-refractivity contribution in [3.05, 3.63) is 52.8 Å². The molecule has 0 spiro atoms. The molecule has 2 aliphatic heterocycles. The summed E-state index contributed by atoms with van der Waals surface area (Å²) < 4.78 is 7.70. The van der Waals surface area contributed by atoms with Crippen LogP contribution in [-0.2, 0) is 17.8 Å². The molecule has 2 aliphatic rings. The van der Waals surface area contributed by atoms with Gasteiger partial charge in [-0.3, -0.25) is 9.69 Å². The first-order valence-corrected chi connectivity index (χ1v) is 8.50. The van der Waals surface area contributed by atoms with Gasteiger partial charge in [-0.05, 0) is 30.7 Å². The monoisotopic (exact) mass is 325 g/mol. The Bertz CT molecular complexity index is 775. The normalized spacial score (nSPS) is 18.2. The zero-order valence-corrected chi connectivity index (χ0v) is 14.3. The number of amides is 1. The van der Waals surface area contributed by atoms with Crippen molar-refractivity contribution in [1.29, 1.82) is 0 Å². The zero-order chi connectivity index (χ0) is 16.7. The van der Waals surface area contributed by atoms with E-state index in [9.17, 15) is 4.79 Å². The van der Waals surface area contributed by atoms with Gasteiger partial charge in [0.05, 0.1) is 31.0 Å². The van der Waals surface area contributed by atoms with Gasteiger partial charge in [-0.25, -0.2) is 0 Å². The van der Waals surface area contributed by atoms with E-state index in [1.165, 1.54) is 17.0 Å². The molecule has 0 radical (unpaired) electrons. The van der Waals surface area contributed by atoms with E-state index >= 15 is 0 Å². The van der Waals surface area contributed by atoms with Crippen molar-refractivity contribution in [2.45, 2.75) is 20.0 Å². The second-order valence-corrected chi connectivity index (χ2v) is 6.65. The Hall–Kier alpha value is -2.11. The predicted molar refractivity (Wildman–Crippen MR) is 92.4 cm³/mol. The van der Waals surface area contributed by atoms with E-state index in [2.05, 4.69) is 22.5 Å². The molecule has 4 rings (SSSR count). The lowest BCUT2D eigenvalue weighted by Gasteiger charge is -2.26. The molecular formula is C19H23N3O2. The van der Waals surface area contributed by atoms with Gasteiger partial charge in [0.15, 0.2) is 0 Å². The molecule has 1 amide bonds. The Morgan fingerprint density at radius 1 is 1.17 bits per heavy atom. The van der Waals surface area contributed by atoms with Crippen LogP contribution in [0.5, 0.6) is 0 Å². The minimum Gasteiger partial charge on any atom is -0.379 e. The third-order valence-corrected chi connectivity index (χ3v) is 5.05. The number of nitrogens with zero attached hydrogens (tertiary/aromatic N) is 3. The number of hydrogen-bond donors (Lipinski definition) is 0. The summed E-state index contributed by atoms with van der Waals surface area (Å²) in [5.74, 6) is 0.0865. The van der Waals surface area contributed by atoms with E-state index in [1.807, 2.05) is 31.3 Å². The first-order chi connectivity index (χ1) is 11.6. The Balaban J connectivity index is 1.77. The molecule has 126 valence electrons. The Morgan fingerprint density at radius 3 is 2.71 bits per heavy atom. The van der Waals surface area contributed by atoms with Crippen LogP contribution in [0, 0.1) is 6.92 Å². The van der Waals surface area contributed by atoms with Crippen LogP contribution in [0.25, 0.3) is 5.69 Å². The molecule has 0 atom stereocenters. The number of ether oxygens (including phenoxy) is 1. The smallest absolute Gasteiger partial charge is 0.256 e. The van der Waals surface area contributed by atoms with Gasteiger partial charge in [0.2, 0.25) is 0 Å². The van der Waals surface area contributed by atoms with Crippen molar-refractivity contribution in [2.24, 2.45) is 0 Å².